The molecule has 1 aromatic rings. The van der Waals surface area contributed by atoms with Gasteiger partial charge in [-0.1, -0.05) is 6.07 Å². The first-order valence-corrected chi connectivity index (χ1v) is 8.34. The average Bonchev–Trinajstić information content (AvgIpc) is 2.60. The average molecular weight is 320 g/mol. The van der Waals surface area contributed by atoms with Crippen LogP contribution in [0.1, 0.15) is 26.2 Å². The quantitative estimate of drug-likeness (QED) is 0.589. The Bertz CT molecular complexity index is 499. The summed E-state index contributed by atoms with van der Waals surface area (Å²) in [6.07, 6.45) is 6.25. The molecule has 0 N–H and O–H groups in total. The van der Waals surface area contributed by atoms with E-state index in [2.05, 4.69) is 4.57 Å². The number of piperazine rings is 1. The molecular weight excluding hydrogens is 294 g/mol. The minimum atomic E-state index is -0.278. The molecule has 2 amide bonds. The zero-order chi connectivity index (χ0) is 16.5. The lowest BCUT2D eigenvalue weighted by Crippen LogP contribution is -2.50. The van der Waals surface area contributed by atoms with Gasteiger partial charge >= 0.3 is 6.09 Å². The Morgan fingerprint density at radius 3 is 2.30 bits per heavy atom. The molecule has 2 heterocycles. The van der Waals surface area contributed by atoms with Crippen LogP contribution in [0, 0.1) is 0 Å². The molecule has 0 atom stereocenters. The SMILES string of the molecule is CCOC(=O)N1CCN(C(=O)CCCC[n+]2ccccc2)CC1. The number of nitrogens with zero attached hydrogens (tertiary/aromatic N) is 3. The highest BCUT2D eigenvalue weighted by atomic mass is 16.6. The van der Waals surface area contributed by atoms with E-state index in [1.54, 1.807) is 11.8 Å². The van der Waals surface area contributed by atoms with E-state index in [0.29, 0.717) is 39.2 Å². The molecule has 0 spiro atoms. The molecule has 2 rings (SSSR count). The number of pyridine rings is 1. The summed E-state index contributed by atoms with van der Waals surface area (Å²) in [4.78, 5) is 27.3. The first kappa shape index (κ1) is 17.2. The van der Waals surface area contributed by atoms with Gasteiger partial charge in [0.1, 0.15) is 6.54 Å². The van der Waals surface area contributed by atoms with Crippen molar-refractivity contribution in [1.82, 2.24) is 9.80 Å². The number of amides is 2. The minimum Gasteiger partial charge on any atom is -0.450 e. The number of rotatable bonds is 6. The van der Waals surface area contributed by atoms with E-state index in [-0.39, 0.29) is 12.0 Å². The maximum absolute atomic E-state index is 12.2. The van der Waals surface area contributed by atoms with Crippen LogP contribution in [0.15, 0.2) is 30.6 Å². The second-order valence-electron chi connectivity index (χ2n) is 5.64. The highest BCUT2D eigenvalue weighted by molar-refractivity contribution is 5.76. The molecule has 1 aliphatic heterocycles. The Morgan fingerprint density at radius 2 is 1.65 bits per heavy atom. The molecule has 6 nitrogen and oxygen atoms in total. The second kappa shape index (κ2) is 9.12. The molecule has 0 bridgehead atoms. The van der Waals surface area contributed by atoms with Crippen LogP contribution in [0.4, 0.5) is 4.79 Å². The molecule has 6 heteroatoms. The van der Waals surface area contributed by atoms with Gasteiger partial charge in [0.2, 0.25) is 5.91 Å². The fraction of sp³-hybridized carbons (Fsp3) is 0.588. The first-order valence-electron chi connectivity index (χ1n) is 8.34. The molecule has 0 radical (unpaired) electrons. The first-order chi connectivity index (χ1) is 11.2. The van der Waals surface area contributed by atoms with Gasteiger partial charge in [-0.3, -0.25) is 4.79 Å². The lowest BCUT2D eigenvalue weighted by molar-refractivity contribution is -0.697. The monoisotopic (exact) mass is 320 g/mol. The largest absolute Gasteiger partial charge is 0.450 e. The summed E-state index contributed by atoms with van der Waals surface area (Å²) in [6.45, 7) is 5.44. The Morgan fingerprint density at radius 1 is 1.00 bits per heavy atom. The number of hydrogen-bond acceptors (Lipinski definition) is 3. The van der Waals surface area contributed by atoms with Crippen LogP contribution in [-0.4, -0.2) is 54.6 Å². The van der Waals surface area contributed by atoms with Gasteiger partial charge in [-0.15, -0.1) is 0 Å². The number of aryl methyl sites for hydroxylation is 1. The van der Waals surface area contributed by atoms with Gasteiger partial charge in [-0.25, -0.2) is 9.36 Å². The number of aromatic nitrogens is 1. The molecule has 0 aromatic carbocycles. The summed E-state index contributed by atoms with van der Waals surface area (Å²) in [5.74, 6) is 0.187. The van der Waals surface area contributed by atoms with Gasteiger partial charge in [-0.05, 0) is 13.3 Å². The zero-order valence-electron chi connectivity index (χ0n) is 13.8. The van der Waals surface area contributed by atoms with Gasteiger partial charge in [-0.2, -0.15) is 0 Å². The fourth-order valence-electron chi connectivity index (χ4n) is 2.67. The summed E-state index contributed by atoms with van der Waals surface area (Å²) in [7, 11) is 0. The lowest BCUT2D eigenvalue weighted by atomic mass is 10.2. The van der Waals surface area contributed by atoms with Crippen LogP contribution in [0.25, 0.3) is 0 Å². The van der Waals surface area contributed by atoms with Crippen LogP contribution in [-0.2, 0) is 16.1 Å². The molecule has 0 saturated carbocycles. The van der Waals surface area contributed by atoms with Gasteiger partial charge in [0.05, 0.1) is 6.61 Å². The van der Waals surface area contributed by atoms with E-state index in [9.17, 15) is 9.59 Å². The maximum atomic E-state index is 12.2. The molecule has 0 unspecified atom stereocenters. The van der Waals surface area contributed by atoms with Crippen LogP contribution in [0.3, 0.4) is 0 Å². The predicted octanol–water partition coefficient (Wildman–Crippen LogP) is 1.45. The molecule has 1 fully saturated rings. The van der Waals surface area contributed by atoms with Gasteiger partial charge in [0.15, 0.2) is 12.4 Å². The minimum absolute atomic E-state index is 0.187. The third-order valence-corrected chi connectivity index (χ3v) is 3.99. The Hall–Kier alpha value is -2.11. The topological polar surface area (TPSA) is 53.7 Å². The Balaban J connectivity index is 1.62. The predicted molar refractivity (Wildman–Crippen MR) is 85.7 cm³/mol. The molecule has 1 aliphatic rings. The standard InChI is InChI=1S/C17H26N3O3/c1-2-23-17(22)20-14-12-19(13-15-20)16(21)8-4-7-11-18-9-5-3-6-10-18/h3,5-6,9-10H,2,4,7-8,11-15H2,1H3/q+1. The van der Waals surface area contributed by atoms with Crippen molar-refractivity contribution in [3.63, 3.8) is 0 Å². The van der Waals surface area contributed by atoms with Crippen molar-refractivity contribution < 1.29 is 18.9 Å². The van der Waals surface area contributed by atoms with E-state index in [4.69, 9.17) is 4.74 Å². The van der Waals surface area contributed by atoms with E-state index < -0.39 is 0 Å². The molecule has 126 valence electrons. The number of ether oxygens (including phenoxy) is 1. The van der Waals surface area contributed by atoms with Crippen LogP contribution in [0.5, 0.6) is 0 Å². The van der Waals surface area contributed by atoms with Crippen LogP contribution < -0.4 is 4.57 Å². The molecule has 1 aromatic heterocycles. The summed E-state index contributed by atoms with van der Waals surface area (Å²) < 4.78 is 7.11. The zero-order valence-corrected chi connectivity index (χ0v) is 13.8. The van der Waals surface area contributed by atoms with Gasteiger partial charge < -0.3 is 14.5 Å². The fourth-order valence-corrected chi connectivity index (χ4v) is 2.67. The van der Waals surface area contributed by atoms with Crippen molar-refractivity contribution in [3.8, 4) is 0 Å². The van der Waals surface area contributed by atoms with Crippen molar-refractivity contribution in [2.45, 2.75) is 32.7 Å². The van der Waals surface area contributed by atoms with Crippen molar-refractivity contribution in [1.29, 1.82) is 0 Å². The molecule has 23 heavy (non-hydrogen) atoms. The molecular formula is C17H26N3O3+. The number of carbonyl (C=O) groups excluding carboxylic acids is 2. The summed E-state index contributed by atoms with van der Waals surface area (Å²) in [5, 5.41) is 0. The molecule has 0 aliphatic carbocycles. The Labute approximate surface area is 137 Å². The molecule has 1 saturated heterocycles. The maximum Gasteiger partial charge on any atom is 0.409 e. The summed E-state index contributed by atoms with van der Waals surface area (Å²) in [6, 6.07) is 6.01. The van der Waals surface area contributed by atoms with Crippen LogP contribution in [0.2, 0.25) is 0 Å². The summed E-state index contributed by atoms with van der Waals surface area (Å²) >= 11 is 0. The van der Waals surface area contributed by atoms with Crippen molar-refractivity contribution >= 4 is 12.0 Å². The van der Waals surface area contributed by atoms with E-state index in [1.807, 2.05) is 35.5 Å². The number of unbranched alkanes of at least 4 members (excludes halogenated alkanes) is 1. The lowest BCUT2D eigenvalue weighted by Gasteiger charge is -2.34. The third-order valence-electron chi connectivity index (χ3n) is 3.99. The van der Waals surface area contributed by atoms with E-state index in [1.165, 1.54) is 0 Å². The highest BCUT2D eigenvalue weighted by Crippen LogP contribution is 2.07. The number of carbonyl (C=O) groups is 2. The van der Waals surface area contributed by atoms with Crippen molar-refractivity contribution in [3.05, 3.63) is 30.6 Å². The van der Waals surface area contributed by atoms with Crippen molar-refractivity contribution in [2.24, 2.45) is 0 Å². The third kappa shape index (κ3) is 5.54. The van der Waals surface area contributed by atoms with Crippen molar-refractivity contribution in [2.75, 3.05) is 32.8 Å². The van der Waals surface area contributed by atoms with Crippen LogP contribution >= 0.6 is 0 Å². The summed E-state index contributed by atoms with van der Waals surface area (Å²) in [5.41, 5.74) is 0. The Kier molecular flexibility index (Phi) is 6.84. The second-order valence-corrected chi connectivity index (χ2v) is 5.64. The smallest absolute Gasteiger partial charge is 0.409 e. The van der Waals surface area contributed by atoms with E-state index >= 15 is 0 Å². The van der Waals surface area contributed by atoms with Gasteiger partial charge in [0.25, 0.3) is 0 Å². The van der Waals surface area contributed by atoms with E-state index in [0.717, 1.165) is 19.4 Å². The van der Waals surface area contributed by atoms with Gasteiger partial charge in [0, 0.05) is 51.2 Å². The number of hydrogen-bond donors (Lipinski definition) is 0. The highest BCUT2D eigenvalue weighted by Gasteiger charge is 2.24. The normalized spacial score (nSPS) is 14.7.